The van der Waals surface area contributed by atoms with E-state index in [2.05, 4.69) is 18.3 Å². The third-order valence-corrected chi connectivity index (χ3v) is 3.81. The predicted molar refractivity (Wildman–Crippen MR) is 72.9 cm³/mol. The van der Waals surface area contributed by atoms with E-state index in [1.165, 1.54) is 25.7 Å². The van der Waals surface area contributed by atoms with Crippen LogP contribution >= 0.6 is 0 Å². The van der Waals surface area contributed by atoms with Crippen LogP contribution in [0, 0.1) is 11.3 Å². The molecule has 0 heterocycles. The Morgan fingerprint density at radius 2 is 1.83 bits per heavy atom. The van der Waals surface area contributed by atoms with Gasteiger partial charge in [-0.3, -0.25) is 4.79 Å². The zero-order valence-corrected chi connectivity index (χ0v) is 11.6. The quantitative estimate of drug-likeness (QED) is 0.577. The number of amides is 1. The standard InChI is InChI=1S/C15H26N2O/c1-2-3-4-7-10-14(18)17-15(13-16)11-8-5-6-9-12-15/h2-12H2,1H3,(H,17,18). The van der Waals surface area contributed by atoms with Crippen molar-refractivity contribution in [2.75, 3.05) is 0 Å². The molecule has 1 N–H and O–H groups in total. The molecule has 1 aliphatic carbocycles. The lowest BCUT2D eigenvalue weighted by molar-refractivity contribution is -0.122. The van der Waals surface area contributed by atoms with E-state index in [1.54, 1.807) is 0 Å². The fraction of sp³-hybridized carbons (Fsp3) is 0.867. The second-order valence-electron chi connectivity index (χ2n) is 5.47. The van der Waals surface area contributed by atoms with Gasteiger partial charge in [0.25, 0.3) is 0 Å². The van der Waals surface area contributed by atoms with E-state index >= 15 is 0 Å². The Balaban J connectivity index is 2.37. The van der Waals surface area contributed by atoms with Crippen molar-refractivity contribution >= 4 is 5.91 Å². The second kappa shape index (κ2) is 8.13. The van der Waals surface area contributed by atoms with Gasteiger partial charge in [-0.05, 0) is 19.3 Å². The van der Waals surface area contributed by atoms with Crippen molar-refractivity contribution in [1.82, 2.24) is 5.32 Å². The largest absolute Gasteiger partial charge is 0.338 e. The Labute approximate surface area is 111 Å². The lowest BCUT2D eigenvalue weighted by Crippen LogP contribution is -2.46. The molecule has 1 saturated carbocycles. The maximum absolute atomic E-state index is 11.9. The molecule has 0 spiro atoms. The van der Waals surface area contributed by atoms with Gasteiger partial charge in [0, 0.05) is 6.42 Å². The molecule has 3 nitrogen and oxygen atoms in total. The van der Waals surface area contributed by atoms with Gasteiger partial charge in [0.15, 0.2) is 0 Å². The van der Waals surface area contributed by atoms with Gasteiger partial charge in [-0.25, -0.2) is 0 Å². The van der Waals surface area contributed by atoms with Crippen molar-refractivity contribution in [3.05, 3.63) is 0 Å². The summed E-state index contributed by atoms with van der Waals surface area (Å²) >= 11 is 0. The van der Waals surface area contributed by atoms with Gasteiger partial charge >= 0.3 is 0 Å². The smallest absolute Gasteiger partial charge is 0.221 e. The summed E-state index contributed by atoms with van der Waals surface area (Å²) in [6, 6.07) is 2.36. The summed E-state index contributed by atoms with van der Waals surface area (Å²) in [7, 11) is 0. The molecule has 18 heavy (non-hydrogen) atoms. The van der Waals surface area contributed by atoms with E-state index < -0.39 is 5.54 Å². The summed E-state index contributed by atoms with van der Waals surface area (Å²) in [5.74, 6) is 0.0644. The van der Waals surface area contributed by atoms with Crippen molar-refractivity contribution in [2.24, 2.45) is 0 Å². The minimum absolute atomic E-state index is 0.0644. The van der Waals surface area contributed by atoms with Crippen LogP contribution < -0.4 is 5.32 Å². The molecule has 1 amide bonds. The Kier molecular flexibility index (Phi) is 6.78. The molecule has 1 fully saturated rings. The van der Waals surface area contributed by atoms with Gasteiger partial charge in [0.05, 0.1) is 6.07 Å². The molecular formula is C15H26N2O. The van der Waals surface area contributed by atoms with Crippen LogP contribution in [0.15, 0.2) is 0 Å². The number of unbranched alkanes of at least 4 members (excludes halogenated alkanes) is 3. The highest BCUT2D eigenvalue weighted by molar-refractivity contribution is 5.77. The second-order valence-corrected chi connectivity index (χ2v) is 5.47. The van der Waals surface area contributed by atoms with Crippen LogP contribution in [-0.2, 0) is 4.79 Å². The Morgan fingerprint density at radius 1 is 1.17 bits per heavy atom. The summed E-state index contributed by atoms with van der Waals surface area (Å²) in [5.41, 5.74) is -0.571. The molecule has 1 aliphatic rings. The molecule has 0 aromatic rings. The Hall–Kier alpha value is -1.04. The first-order valence-electron chi connectivity index (χ1n) is 7.45. The number of nitrogens with one attached hydrogen (secondary N) is 1. The molecule has 1 rings (SSSR count). The van der Waals surface area contributed by atoms with Crippen molar-refractivity contribution in [3.8, 4) is 6.07 Å². The van der Waals surface area contributed by atoms with Gasteiger partial charge in [-0.15, -0.1) is 0 Å². The number of nitrogens with zero attached hydrogens (tertiary/aromatic N) is 1. The molecule has 0 aliphatic heterocycles. The fourth-order valence-corrected chi connectivity index (χ4v) is 2.64. The summed E-state index contributed by atoms with van der Waals surface area (Å²) < 4.78 is 0. The van der Waals surface area contributed by atoms with Gasteiger partial charge in [-0.2, -0.15) is 5.26 Å². The zero-order chi connectivity index (χ0) is 13.3. The molecular weight excluding hydrogens is 224 g/mol. The van der Waals surface area contributed by atoms with Crippen molar-refractivity contribution < 1.29 is 4.79 Å². The number of carbonyl (C=O) groups excluding carboxylic acids is 1. The first-order chi connectivity index (χ1) is 8.72. The minimum Gasteiger partial charge on any atom is -0.338 e. The lowest BCUT2D eigenvalue weighted by atomic mass is 9.91. The van der Waals surface area contributed by atoms with Gasteiger partial charge in [0.2, 0.25) is 5.91 Å². The highest BCUT2D eigenvalue weighted by Crippen LogP contribution is 2.26. The molecule has 0 aromatic heterocycles. The third kappa shape index (κ3) is 5.08. The molecule has 0 unspecified atom stereocenters. The topological polar surface area (TPSA) is 52.9 Å². The molecule has 3 heteroatoms. The molecule has 0 saturated heterocycles. The Bertz CT molecular complexity index is 285. The average Bonchev–Trinajstić information content (AvgIpc) is 2.61. The SMILES string of the molecule is CCCCCCC(=O)NC1(C#N)CCCCCC1. The minimum atomic E-state index is -0.571. The average molecular weight is 250 g/mol. The van der Waals surface area contributed by atoms with Crippen LogP contribution in [0.25, 0.3) is 0 Å². The molecule has 0 aromatic carbocycles. The Morgan fingerprint density at radius 3 is 2.39 bits per heavy atom. The van der Waals surface area contributed by atoms with E-state index in [1.807, 2.05) is 0 Å². The molecule has 0 atom stereocenters. The van der Waals surface area contributed by atoms with E-state index in [4.69, 9.17) is 0 Å². The van der Waals surface area contributed by atoms with Gasteiger partial charge < -0.3 is 5.32 Å². The zero-order valence-electron chi connectivity index (χ0n) is 11.6. The van der Waals surface area contributed by atoms with Crippen LogP contribution in [0.5, 0.6) is 0 Å². The summed E-state index contributed by atoms with van der Waals surface area (Å²) in [6.45, 7) is 2.16. The van der Waals surface area contributed by atoms with Gasteiger partial charge in [-0.1, -0.05) is 51.9 Å². The highest BCUT2D eigenvalue weighted by atomic mass is 16.1. The van der Waals surface area contributed by atoms with E-state index in [9.17, 15) is 10.1 Å². The van der Waals surface area contributed by atoms with Crippen LogP contribution in [-0.4, -0.2) is 11.4 Å². The molecule has 0 radical (unpaired) electrons. The third-order valence-electron chi connectivity index (χ3n) is 3.81. The van der Waals surface area contributed by atoms with Crippen molar-refractivity contribution in [3.63, 3.8) is 0 Å². The number of carbonyl (C=O) groups is 1. The summed E-state index contributed by atoms with van der Waals surface area (Å²) in [4.78, 5) is 11.9. The van der Waals surface area contributed by atoms with Crippen LogP contribution in [0.3, 0.4) is 0 Å². The molecule has 102 valence electrons. The van der Waals surface area contributed by atoms with Crippen LogP contribution in [0.2, 0.25) is 0 Å². The number of nitriles is 1. The number of hydrogen-bond acceptors (Lipinski definition) is 2. The predicted octanol–water partition coefficient (Wildman–Crippen LogP) is 3.69. The van der Waals surface area contributed by atoms with Crippen LogP contribution in [0.1, 0.15) is 77.6 Å². The fourth-order valence-electron chi connectivity index (χ4n) is 2.64. The monoisotopic (exact) mass is 250 g/mol. The van der Waals surface area contributed by atoms with E-state index in [0.717, 1.165) is 38.5 Å². The first kappa shape index (κ1) is 15.0. The first-order valence-corrected chi connectivity index (χ1v) is 7.45. The van der Waals surface area contributed by atoms with Crippen LogP contribution in [0.4, 0.5) is 0 Å². The number of rotatable bonds is 6. The highest BCUT2D eigenvalue weighted by Gasteiger charge is 2.32. The normalized spacial score (nSPS) is 18.7. The lowest BCUT2D eigenvalue weighted by Gasteiger charge is -2.26. The number of hydrogen-bond donors (Lipinski definition) is 1. The van der Waals surface area contributed by atoms with Crippen molar-refractivity contribution in [1.29, 1.82) is 5.26 Å². The molecule has 0 bridgehead atoms. The van der Waals surface area contributed by atoms with Gasteiger partial charge in [0.1, 0.15) is 5.54 Å². The maximum Gasteiger partial charge on any atom is 0.221 e. The maximum atomic E-state index is 11.9. The summed E-state index contributed by atoms with van der Waals surface area (Å²) in [6.07, 6.45) is 11.2. The summed E-state index contributed by atoms with van der Waals surface area (Å²) in [5, 5.41) is 12.4. The van der Waals surface area contributed by atoms with E-state index in [0.29, 0.717) is 6.42 Å². The van der Waals surface area contributed by atoms with Crippen molar-refractivity contribution in [2.45, 2.75) is 83.1 Å². The van der Waals surface area contributed by atoms with E-state index in [-0.39, 0.29) is 5.91 Å².